The van der Waals surface area contributed by atoms with Gasteiger partial charge >= 0.3 is 0 Å². The van der Waals surface area contributed by atoms with E-state index in [1.54, 1.807) is 17.0 Å². The van der Waals surface area contributed by atoms with Crippen LogP contribution in [0.4, 0.5) is 15.8 Å². The van der Waals surface area contributed by atoms with Gasteiger partial charge in [-0.3, -0.25) is 9.52 Å². The SMILES string of the molecule is CS(=O)(=O)Nc1ccc2c(c1)S(C)(=O)=NC(C1=C(O)[C@@H]3[C@@H]4CC[C@@H](C4)[C@@H]3N(Cc3ccc(F)cc3)C1=O)=N2. The fourth-order valence-corrected chi connectivity index (χ4v) is 8.42. The first-order valence-corrected chi connectivity index (χ1v) is 16.1. The third-order valence-electron chi connectivity index (χ3n) is 7.93. The number of sulfonamides is 1. The number of hydrogen-bond acceptors (Lipinski definition) is 7. The molecule has 2 fully saturated rings. The van der Waals surface area contributed by atoms with E-state index >= 15 is 0 Å². The van der Waals surface area contributed by atoms with E-state index in [2.05, 4.69) is 14.1 Å². The van der Waals surface area contributed by atoms with E-state index in [4.69, 9.17) is 0 Å². The lowest BCUT2D eigenvalue weighted by Crippen LogP contribution is -2.53. The van der Waals surface area contributed by atoms with Gasteiger partial charge in [-0.25, -0.2) is 22.0 Å². The molecule has 200 valence electrons. The predicted molar refractivity (Wildman–Crippen MR) is 141 cm³/mol. The van der Waals surface area contributed by atoms with Gasteiger partial charge in [-0.05, 0) is 67.0 Å². The van der Waals surface area contributed by atoms with Gasteiger partial charge in [0, 0.05) is 30.4 Å². The number of amidine groups is 1. The van der Waals surface area contributed by atoms with E-state index in [0.29, 0.717) is 0 Å². The summed E-state index contributed by atoms with van der Waals surface area (Å²) in [6.07, 6.45) is 5.25. The van der Waals surface area contributed by atoms with Crippen molar-refractivity contribution in [3.8, 4) is 0 Å². The lowest BCUT2D eigenvalue weighted by molar-refractivity contribution is -0.134. The molecule has 1 amide bonds. The highest BCUT2D eigenvalue weighted by molar-refractivity contribution is 7.93. The number of benzene rings is 2. The number of carbonyl (C=O) groups excluding carboxylic acids is 1. The Balaban J connectivity index is 1.44. The van der Waals surface area contributed by atoms with Crippen LogP contribution in [0, 0.1) is 23.6 Å². The summed E-state index contributed by atoms with van der Waals surface area (Å²) in [6.45, 7) is 0.242. The Hall–Kier alpha value is -3.25. The summed E-state index contributed by atoms with van der Waals surface area (Å²) in [7, 11) is -6.68. The van der Waals surface area contributed by atoms with Crippen LogP contribution in [0.15, 0.2) is 68.0 Å². The van der Waals surface area contributed by atoms with Crippen molar-refractivity contribution >= 4 is 42.9 Å². The Morgan fingerprint density at radius 1 is 1.16 bits per heavy atom. The number of aliphatic hydroxyl groups is 1. The van der Waals surface area contributed by atoms with Crippen molar-refractivity contribution in [3.05, 3.63) is 65.2 Å². The lowest BCUT2D eigenvalue weighted by atomic mass is 9.77. The van der Waals surface area contributed by atoms with Crippen molar-refractivity contribution in [1.29, 1.82) is 0 Å². The number of amides is 1. The molecule has 4 aliphatic rings. The highest BCUT2D eigenvalue weighted by atomic mass is 32.2. The van der Waals surface area contributed by atoms with Crippen molar-refractivity contribution in [1.82, 2.24) is 4.90 Å². The number of halogens is 1. The predicted octanol–water partition coefficient (Wildman–Crippen LogP) is 3.97. The summed E-state index contributed by atoms with van der Waals surface area (Å²) in [6, 6.07) is 10.2. The molecule has 0 spiro atoms. The van der Waals surface area contributed by atoms with Crippen LogP contribution in [0.2, 0.25) is 0 Å². The van der Waals surface area contributed by atoms with Gasteiger partial charge < -0.3 is 10.0 Å². The van der Waals surface area contributed by atoms with Gasteiger partial charge in [-0.1, -0.05) is 12.1 Å². The molecule has 38 heavy (non-hydrogen) atoms. The van der Waals surface area contributed by atoms with Crippen LogP contribution < -0.4 is 4.72 Å². The van der Waals surface area contributed by atoms with Gasteiger partial charge in [0.05, 0.1) is 26.6 Å². The second-order valence-corrected chi connectivity index (χ2v) is 14.5. The zero-order valence-electron chi connectivity index (χ0n) is 20.8. The number of anilines is 1. The van der Waals surface area contributed by atoms with Crippen molar-refractivity contribution < 1.29 is 26.9 Å². The Labute approximate surface area is 220 Å². The maximum absolute atomic E-state index is 14.0. The first kappa shape index (κ1) is 25.1. The fourth-order valence-electron chi connectivity index (χ4n) is 6.46. The Bertz CT molecular complexity index is 1660. The number of aliphatic hydroxyl groups excluding tert-OH is 1. The quantitative estimate of drug-likeness (QED) is 0.574. The molecule has 0 radical (unpaired) electrons. The van der Waals surface area contributed by atoms with Crippen LogP contribution in [0.3, 0.4) is 0 Å². The zero-order valence-corrected chi connectivity index (χ0v) is 22.4. The zero-order chi connectivity index (χ0) is 27.0. The number of aliphatic imine (C=N–C) groups is 1. The van der Waals surface area contributed by atoms with Crippen LogP contribution in [-0.4, -0.2) is 52.9 Å². The third kappa shape index (κ3) is 4.19. The van der Waals surface area contributed by atoms with E-state index in [1.165, 1.54) is 36.6 Å². The first-order valence-electron chi connectivity index (χ1n) is 12.3. The van der Waals surface area contributed by atoms with Crippen molar-refractivity contribution in [2.24, 2.45) is 27.1 Å². The molecule has 2 N–H and O–H groups in total. The third-order valence-corrected chi connectivity index (χ3v) is 10.2. The van der Waals surface area contributed by atoms with E-state index in [9.17, 15) is 26.9 Å². The summed E-state index contributed by atoms with van der Waals surface area (Å²) in [5.74, 6) is -0.749. The van der Waals surface area contributed by atoms with E-state index < -0.39 is 25.7 Å². The molecule has 1 unspecified atom stereocenters. The van der Waals surface area contributed by atoms with Crippen LogP contribution in [0.25, 0.3) is 0 Å². The van der Waals surface area contributed by atoms with Gasteiger partial charge in [-0.2, -0.15) is 4.36 Å². The van der Waals surface area contributed by atoms with Crippen molar-refractivity contribution in [2.45, 2.75) is 36.7 Å². The molecule has 9 nitrogen and oxygen atoms in total. The van der Waals surface area contributed by atoms with Gasteiger partial charge in [0.2, 0.25) is 10.0 Å². The number of fused-ring (bicyclic) bond motifs is 6. The average Bonchev–Trinajstić information content (AvgIpc) is 3.45. The van der Waals surface area contributed by atoms with Gasteiger partial charge in [-0.15, -0.1) is 0 Å². The highest BCUT2D eigenvalue weighted by Crippen LogP contribution is 2.55. The van der Waals surface area contributed by atoms with Gasteiger partial charge in [0.15, 0.2) is 5.84 Å². The topological polar surface area (TPSA) is 128 Å². The van der Waals surface area contributed by atoms with E-state index in [0.717, 1.165) is 31.1 Å². The standard InChI is InChI=1S/C26H27FN4O5S2/c1-37(34)20-12-18(29-38(2,35)36)9-10-19(20)28-25(30-37)22-24(32)21-15-5-6-16(11-15)23(21)31(26(22)33)13-14-3-7-17(27)8-4-14/h3-4,7-10,12,15-16,21,23,29,32H,5-6,11,13H2,1-2H3/t15-,16+,21-,23+,37?/m1/s1. The molecular formula is C26H27FN4O5S2. The molecule has 2 bridgehead atoms. The molecule has 5 atom stereocenters. The smallest absolute Gasteiger partial charge is 0.261 e. The summed E-state index contributed by atoms with van der Waals surface area (Å²) in [4.78, 5) is 20.5. The molecule has 0 saturated heterocycles. The normalized spacial score (nSPS) is 30.0. The van der Waals surface area contributed by atoms with Gasteiger partial charge in [0.25, 0.3) is 5.91 Å². The minimum Gasteiger partial charge on any atom is -0.511 e. The Morgan fingerprint density at radius 3 is 2.58 bits per heavy atom. The second kappa shape index (κ2) is 8.63. The molecule has 2 saturated carbocycles. The molecule has 2 aliphatic heterocycles. The highest BCUT2D eigenvalue weighted by Gasteiger charge is 2.57. The molecule has 2 aromatic carbocycles. The van der Waals surface area contributed by atoms with E-state index in [-0.39, 0.29) is 69.6 Å². The summed E-state index contributed by atoms with van der Waals surface area (Å²) >= 11 is 0. The Morgan fingerprint density at radius 2 is 1.87 bits per heavy atom. The van der Waals surface area contributed by atoms with Crippen molar-refractivity contribution in [2.75, 3.05) is 17.2 Å². The summed E-state index contributed by atoms with van der Waals surface area (Å²) in [5.41, 5.74) is 1.22. The maximum atomic E-state index is 14.0. The number of carbonyl (C=O) groups is 1. The molecular weight excluding hydrogens is 531 g/mol. The minimum absolute atomic E-state index is 0.0560. The molecule has 0 aromatic heterocycles. The van der Waals surface area contributed by atoms with Crippen LogP contribution in [0.5, 0.6) is 0 Å². The molecule has 12 heteroatoms. The number of rotatable bonds is 5. The fraction of sp³-hybridized carbons (Fsp3) is 0.385. The molecule has 6 rings (SSSR count). The Kier molecular flexibility index (Phi) is 5.69. The van der Waals surface area contributed by atoms with Crippen LogP contribution in [-0.2, 0) is 31.1 Å². The molecule has 2 aliphatic carbocycles. The maximum Gasteiger partial charge on any atom is 0.261 e. The summed E-state index contributed by atoms with van der Waals surface area (Å²) in [5, 5.41) is 11.5. The second-order valence-electron chi connectivity index (χ2n) is 10.6. The minimum atomic E-state index is -3.55. The molecule has 2 aromatic rings. The monoisotopic (exact) mass is 558 g/mol. The average molecular weight is 559 g/mol. The first-order chi connectivity index (χ1) is 17.9. The van der Waals surface area contributed by atoms with E-state index in [1.807, 2.05) is 0 Å². The lowest BCUT2D eigenvalue weighted by Gasteiger charge is -2.43. The largest absolute Gasteiger partial charge is 0.511 e. The molecule has 2 heterocycles. The summed E-state index contributed by atoms with van der Waals surface area (Å²) < 4.78 is 57.2. The number of nitrogens with one attached hydrogen (secondary N) is 1. The number of hydrogen-bond donors (Lipinski definition) is 2. The van der Waals surface area contributed by atoms with Crippen molar-refractivity contribution in [3.63, 3.8) is 0 Å². The van der Waals surface area contributed by atoms with Gasteiger partial charge in [0.1, 0.15) is 17.1 Å². The van der Waals surface area contributed by atoms with Crippen LogP contribution >= 0.6 is 0 Å². The number of nitrogens with zero attached hydrogens (tertiary/aromatic N) is 3. The van der Waals surface area contributed by atoms with Crippen LogP contribution in [0.1, 0.15) is 24.8 Å².